The number of nitrogens with two attached hydrogens (primary N) is 1. The highest BCUT2D eigenvalue weighted by Crippen LogP contribution is 2.32. The highest BCUT2D eigenvalue weighted by atomic mass is 19.4. The summed E-state index contributed by atoms with van der Waals surface area (Å²) in [4.78, 5) is 0. The lowest BCUT2D eigenvalue weighted by atomic mass is 9.94. The minimum Gasteiger partial charge on any atom is -0.322 e. The largest absolute Gasteiger partial charge is 0.419 e. The van der Waals surface area contributed by atoms with Crippen LogP contribution >= 0.6 is 0 Å². The van der Waals surface area contributed by atoms with Gasteiger partial charge in [0, 0.05) is 5.54 Å². The van der Waals surface area contributed by atoms with Crippen molar-refractivity contribution in [3.63, 3.8) is 0 Å². The second-order valence-corrected chi connectivity index (χ2v) is 3.91. The van der Waals surface area contributed by atoms with Crippen LogP contribution in [0.4, 0.5) is 17.6 Å². The standard InChI is InChI=1S/C10H11F4N/c1-9(2,15)6-3-4-7(8(11)5-6)10(12,13)14/h3-5H,15H2,1-2H3. The number of benzene rings is 1. The Hall–Kier alpha value is -1.10. The summed E-state index contributed by atoms with van der Waals surface area (Å²) < 4.78 is 49.7. The van der Waals surface area contributed by atoms with Gasteiger partial charge in [0.1, 0.15) is 5.82 Å². The van der Waals surface area contributed by atoms with E-state index in [0.29, 0.717) is 11.6 Å². The van der Waals surface area contributed by atoms with Gasteiger partial charge in [0.25, 0.3) is 0 Å². The summed E-state index contributed by atoms with van der Waals surface area (Å²) in [6.45, 7) is 3.18. The van der Waals surface area contributed by atoms with Crippen LogP contribution in [0.1, 0.15) is 25.0 Å². The average molecular weight is 221 g/mol. The molecule has 0 spiro atoms. The van der Waals surface area contributed by atoms with Gasteiger partial charge in [-0.3, -0.25) is 0 Å². The number of alkyl halides is 3. The van der Waals surface area contributed by atoms with Crippen LogP contribution in [0.5, 0.6) is 0 Å². The van der Waals surface area contributed by atoms with Gasteiger partial charge >= 0.3 is 6.18 Å². The molecule has 0 aliphatic rings. The third-order valence-corrected chi connectivity index (χ3v) is 2.02. The first-order valence-corrected chi connectivity index (χ1v) is 4.28. The molecule has 1 rings (SSSR count). The van der Waals surface area contributed by atoms with E-state index in [1.807, 2.05) is 0 Å². The fourth-order valence-electron chi connectivity index (χ4n) is 1.15. The predicted octanol–water partition coefficient (Wildman–Crippen LogP) is 3.04. The number of halogens is 4. The van der Waals surface area contributed by atoms with E-state index in [2.05, 4.69) is 0 Å². The molecule has 0 radical (unpaired) electrons. The Morgan fingerprint density at radius 1 is 1.13 bits per heavy atom. The lowest BCUT2D eigenvalue weighted by molar-refractivity contribution is -0.140. The van der Waals surface area contributed by atoms with Gasteiger partial charge in [0.15, 0.2) is 0 Å². The number of hydrogen-bond acceptors (Lipinski definition) is 1. The lowest BCUT2D eigenvalue weighted by Crippen LogP contribution is -2.29. The van der Waals surface area contributed by atoms with Gasteiger partial charge in [-0.2, -0.15) is 13.2 Å². The van der Waals surface area contributed by atoms with Crippen LogP contribution in [-0.4, -0.2) is 0 Å². The van der Waals surface area contributed by atoms with Crippen molar-refractivity contribution in [3.05, 3.63) is 35.1 Å². The molecule has 0 saturated heterocycles. The molecule has 2 N–H and O–H groups in total. The molecule has 0 atom stereocenters. The first-order valence-electron chi connectivity index (χ1n) is 4.28. The van der Waals surface area contributed by atoms with E-state index in [4.69, 9.17) is 5.73 Å². The van der Waals surface area contributed by atoms with E-state index in [1.165, 1.54) is 6.07 Å². The second-order valence-electron chi connectivity index (χ2n) is 3.91. The summed E-state index contributed by atoms with van der Waals surface area (Å²) in [6.07, 6.45) is -4.67. The zero-order valence-electron chi connectivity index (χ0n) is 8.32. The Labute approximate surface area is 84.9 Å². The highest BCUT2D eigenvalue weighted by Gasteiger charge is 2.34. The van der Waals surface area contributed by atoms with E-state index < -0.39 is 23.1 Å². The molecule has 0 aliphatic heterocycles. The minimum absolute atomic E-state index is 0.327. The Balaban J connectivity index is 3.21. The van der Waals surface area contributed by atoms with Crippen molar-refractivity contribution in [2.24, 2.45) is 5.73 Å². The van der Waals surface area contributed by atoms with Crippen molar-refractivity contribution in [1.82, 2.24) is 0 Å². The topological polar surface area (TPSA) is 26.0 Å². The fourth-order valence-corrected chi connectivity index (χ4v) is 1.15. The minimum atomic E-state index is -4.67. The Morgan fingerprint density at radius 3 is 2.00 bits per heavy atom. The summed E-state index contributed by atoms with van der Waals surface area (Å²) >= 11 is 0. The molecular formula is C10H11F4N. The summed E-state index contributed by atoms with van der Waals surface area (Å²) in [7, 11) is 0. The lowest BCUT2D eigenvalue weighted by Gasteiger charge is -2.20. The molecule has 0 fully saturated rings. The van der Waals surface area contributed by atoms with Gasteiger partial charge in [-0.1, -0.05) is 6.07 Å². The van der Waals surface area contributed by atoms with Gasteiger partial charge in [0.05, 0.1) is 5.56 Å². The maximum Gasteiger partial charge on any atom is 0.419 e. The third kappa shape index (κ3) is 2.68. The maximum atomic E-state index is 13.1. The van der Waals surface area contributed by atoms with Crippen LogP contribution < -0.4 is 5.73 Å². The van der Waals surface area contributed by atoms with E-state index in [9.17, 15) is 17.6 Å². The van der Waals surface area contributed by atoms with Gasteiger partial charge in [0.2, 0.25) is 0 Å². The van der Waals surface area contributed by atoms with E-state index in [1.54, 1.807) is 13.8 Å². The van der Waals surface area contributed by atoms with Crippen LogP contribution in [0.2, 0.25) is 0 Å². The molecule has 0 aromatic heterocycles. The Morgan fingerprint density at radius 2 is 1.67 bits per heavy atom. The maximum absolute atomic E-state index is 13.1. The van der Waals surface area contributed by atoms with Crippen LogP contribution in [0.25, 0.3) is 0 Å². The van der Waals surface area contributed by atoms with Crippen LogP contribution in [0.15, 0.2) is 18.2 Å². The first-order chi connectivity index (χ1) is 6.62. The van der Waals surface area contributed by atoms with Crippen LogP contribution in [-0.2, 0) is 11.7 Å². The quantitative estimate of drug-likeness (QED) is 0.725. The van der Waals surface area contributed by atoms with Gasteiger partial charge in [-0.15, -0.1) is 0 Å². The first kappa shape index (κ1) is 12.0. The van der Waals surface area contributed by atoms with Crippen molar-refractivity contribution in [2.75, 3.05) is 0 Å². The summed E-state index contributed by atoms with van der Waals surface area (Å²) in [5.74, 6) is -1.29. The van der Waals surface area contributed by atoms with Gasteiger partial charge < -0.3 is 5.73 Å². The number of hydrogen-bond donors (Lipinski definition) is 1. The molecule has 1 aromatic rings. The van der Waals surface area contributed by atoms with Crippen molar-refractivity contribution in [1.29, 1.82) is 0 Å². The van der Waals surface area contributed by atoms with Crippen LogP contribution in [0.3, 0.4) is 0 Å². The molecule has 1 aromatic carbocycles. The molecule has 0 bridgehead atoms. The van der Waals surface area contributed by atoms with E-state index in [-0.39, 0.29) is 0 Å². The predicted molar refractivity (Wildman–Crippen MR) is 48.6 cm³/mol. The number of rotatable bonds is 1. The molecule has 1 nitrogen and oxygen atoms in total. The monoisotopic (exact) mass is 221 g/mol. The van der Waals surface area contributed by atoms with Crippen LogP contribution in [0, 0.1) is 5.82 Å². The average Bonchev–Trinajstić information content (AvgIpc) is 1.99. The normalized spacial score (nSPS) is 13.0. The van der Waals surface area contributed by atoms with Crippen molar-refractivity contribution in [3.8, 4) is 0 Å². The molecule has 0 heterocycles. The summed E-state index contributed by atoms with van der Waals surface area (Å²) in [5, 5.41) is 0. The summed E-state index contributed by atoms with van der Waals surface area (Å²) in [6, 6.07) is 2.72. The smallest absolute Gasteiger partial charge is 0.322 e. The van der Waals surface area contributed by atoms with Crippen molar-refractivity contribution in [2.45, 2.75) is 25.6 Å². The van der Waals surface area contributed by atoms with Crippen molar-refractivity contribution >= 4 is 0 Å². The molecule has 0 amide bonds. The molecule has 15 heavy (non-hydrogen) atoms. The zero-order chi connectivity index (χ0) is 11.9. The van der Waals surface area contributed by atoms with Crippen molar-refractivity contribution < 1.29 is 17.6 Å². The van der Waals surface area contributed by atoms with Gasteiger partial charge in [-0.25, -0.2) is 4.39 Å². The SMILES string of the molecule is CC(C)(N)c1ccc(C(F)(F)F)c(F)c1. The van der Waals surface area contributed by atoms with E-state index >= 15 is 0 Å². The van der Waals surface area contributed by atoms with Gasteiger partial charge in [-0.05, 0) is 31.5 Å². The fraction of sp³-hybridized carbons (Fsp3) is 0.400. The molecule has 0 unspecified atom stereocenters. The molecule has 0 aliphatic carbocycles. The molecule has 84 valence electrons. The second kappa shape index (κ2) is 3.48. The molecular weight excluding hydrogens is 210 g/mol. The Bertz CT molecular complexity index is 363. The highest BCUT2D eigenvalue weighted by molar-refractivity contribution is 5.30. The van der Waals surface area contributed by atoms with E-state index in [0.717, 1.165) is 6.07 Å². The summed E-state index contributed by atoms with van der Waals surface area (Å²) in [5.41, 5.74) is 3.84. The molecule has 5 heteroatoms. The molecule has 0 saturated carbocycles. The Kier molecular flexibility index (Phi) is 2.78. The third-order valence-electron chi connectivity index (χ3n) is 2.02. The zero-order valence-corrected chi connectivity index (χ0v) is 8.32.